The maximum absolute atomic E-state index is 11.7. The number of pyridine rings is 1. The van der Waals surface area contributed by atoms with Crippen molar-refractivity contribution in [1.82, 2.24) is 14.8 Å². The number of piperidine rings is 1. The van der Waals surface area contributed by atoms with E-state index in [0.29, 0.717) is 6.42 Å². The molecule has 0 amide bonds. The second kappa shape index (κ2) is 14.0. The van der Waals surface area contributed by atoms with Gasteiger partial charge in [-0.25, -0.2) is 0 Å². The van der Waals surface area contributed by atoms with E-state index in [0.717, 1.165) is 105 Å². The van der Waals surface area contributed by atoms with Crippen LogP contribution in [0.3, 0.4) is 0 Å². The summed E-state index contributed by atoms with van der Waals surface area (Å²) < 4.78 is 11.1. The lowest BCUT2D eigenvalue weighted by molar-refractivity contribution is 0.0245. The van der Waals surface area contributed by atoms with E-state index >= 15 is 0 Å². The quantitative estimate of drug-likeness (QED) is 0.391. The average molecular weight is 558 g/mol. The number of nitrogens with zero attached hydrogens (tertiary/aromatic N) is 3. The molecule has 2 N–H and O–H groups in total. The Bertz CT molecular complexity index is 1050. The third-order valence-corrected chi connectivity index (χ3v) is 10.7. The third kappa shape index (κ3) is 7.46. The number of aromatic nitrogens is 1. The molecule has 5 rings (SSSR count). The lowest BCUT2D eigenvalue weighted by atomic mass is 9.74. The molecule has 1 atom stereocenters. The minimum Gasteiger partial charge on any atom is -0.497 e. The highest BCUT2D eigenvalue weighted by atomic mass is 32.2. The topological polar surface area (TPSA) is 78.3 Å². The van der Waals surface area contributed by atoms with Gasteiger partial charge in [0, 0.05) is 55.4 Å². The van der Waals surface area contributed by atoms with Crippen LogP contribution in [0, 0.1) is 5.41 Å². The Balaban J connectivity index is 1.24. The largest absolute Gasteiger partial charge is 0.497 e. The molecule has 8 heteroatoms. The summed E-state index contributed by atoms with van der Waals surface area (Å²) >= 11 is 2.16. The maximum Gasteiger partial charge on any atom is 0.119 e. The first-order chi connectivity index (χ1) is 19.1. The molecule has 39 heavy (non-hydrogen) atoms. The summed E-state index contributed by atoms with van der Waals surface area (Å²) in [5.41, 5.74) is 2.79. The normalized spacial score (nSPS) is 21.9. The van der Waals surface area contributed by atoms with E-state index in [1.54, 1.807) is 7.11 Å². The summed E-state index contributed by atoms with van der Waals surface area (Å²) in [6.07, 6.45) is 10.4. The van der Waals surface area contributed by atoms with Crippen molar-refractivity contribution in [2.45, 2.75) is 69.3 Å². The Hall–Kier alpha value is -1.42. The van der Waals surface area contributed by atoms with Crippen LogP contribution in [-0.2, 0) is 11.3 Å². The zero-order valence-electron chi connectivity index (χ0n) is 23.7. The van der Waals surface area contributed by atoms with Crippen molar-refractivity contribution < 1.29 is 19.7 Å². The Kier molecular flexibility index (Phi) is 10.4. The summed E-state index contributed by atoms with van der Waals surface area (Å²) in [4.78, 5) is 9.68. The van der Waals surface area contributed by atoms with Gasteiger partial charge in [0.15, 0.2) is 0 Å². The molecule has 2 aliphatic heterocycles. The van der Waals surface area contributed by atoms with Gasteiger partial charge >= 0.3 is 0 Å². The lowest BCUT2D eigenvalue weighted by Crippen LogP contribution is -2.43. The number of morpholine rings is 1. The number of thioether (sulfide) groups is 1. The molecule has 2 aromatic rings. The van der Waals surface area contributed by atoms with E-state index < -0.39 is 6.10 Å². The van der Waals surface area contributed by atoms with Gasteiger partial charge < -0.3 is 24.6 Å². The van der Waals surface area contributed by atoms with Gasteiger partial charge in [0.1, 0.15) is 5.75 Å². The Morgan fingerprint density at radius 3 is 2.62 bits per heavy atom. The highest BCUT2D eigenvalue weighted by Crippen LogP contribution is 2.40. The number of aliphatic hydroxyl groups is 2. The zero-order valence-corrected chi connectivity index (χ0v) is 24.5. The standard InChI is InChI=1S/C31H47N3O4S/c1-37-25-6-7-28-27(20-25)30(24(21-32-28)22-34-14-17-38-18-15-34)29(36)8-9-31(23-35)10-12-33(13-11-31)16-19-39-26-4-2-3-5-26/h6-7,20-21,26,29,35-36H,2-5,8-19,22-23H2,1H3/t29-/m1/s1. The molecule has 0 radical (unpaired) electrons. The fourth-order valence-electron chi connectivity index (χ4n) is 6.61. The van der Waals surface area contributed by atoms with Crippen molar-refractivity contribution >= 4 is 22.7 Å². The number of likely N-dealkylation sites (tertiary alicyclic amines) is 1. The number of fused-ring (bicyclic) bond motifs is 1. The van der Waals surface area contributed by atoms with Crippen molar-refractivity contribution in [2.75, 3.05) is 65.4 Å². The van der Waals surface area contributed by atoms with Crippen molar-refractivity contribution in [3.63, 3.8) is 0 Å². The first-order valence-electron chi connectivity index (χ1n) is 15.0. The van der Waals surface area contributed by atoms with Crippen molar-refractivity contribution in [2.24, 2.45) is 5.41 Å². The molecule has 1 saturated carbocycles. The fourth-order valence-corrected chi connectivity index (χ4v) is 7.97. The molecule has 0 bridgehead atoms. The van der Waals surface area contributed by atoms with E-state index in [9.17, 15) is 10.2 Å². The molecular formula is C31H47N3O4S. The van der Waals surface area contributed by atoms with Crippen LogP contribution >= 0.6 is 11.8 Å². The Morgan fingerprint density at radius 1 is 1.13 bits per heavy atom. The molecule has 3 heterocycles. The van der Waals surface area contributed by atoms with Crippen LogP contribution in [0.15, 0.2) is 24.4 Å². The van der Waals surface area contributed by atoms with E-state index in [-0.39, 0.29) is 12.0 Å². The van der Waals surface area contributed by atoms with E-state index in [2.05, 4.69) is 21.6 Å². The molecule has 0 spiro atoms. The molecule has 0 unspecified atom stereocenters. The molecule has 3 aliphatic rings. The van der Waals surface area contributed by atoms with E-state index in [1.165, 1.54) is 31.4 Å². The smallest absolute Gasteiger partial charge is 0.119 e. The van der Waals surface area contributed by atoms with Gasteiger partial charge in [-0.15, -0.1) is 0 Å². The van der Waals surface area contributed by atoms with Gasteiger partial charge in [-0.2, -0.15) is 11.8 Å². The molecule has 216 valence electrons. The number of aliphatic hydroxyl groups excluding tert-OH is 2. The number of hydrogen-bond donors (Lipinski definition) is 2. The molecule has 1 aromatic heterocycles. The lowest BCUT2D eigenvalue weighted by Gasteiger charge is -2.41. The summed E-state index contributed by atoms with van der Waals surface area (Å²) in [6, 6.07) is 5.90. The average Bonchev–Trinajstić information content (AvgIpc) is 3.50. The Morgan fingerprint density at radius 2 is 1.90 bits per heavy atom. The highest BCUT2D eigenvalue weighted by molar-refractivity contribution is 7.99. The van der Waals surface area contributed by atoms with Crippen LogP contribution in [0.1, 0.15) is 68.6 Å². The van der Waals surface area contributed by atoms with Crippen LogP contribution in [0.25, 0.3) is 10.9 Å². The van der Waals surface area contributed by atoms with E-state index in [1.807, 2.05) is 24.4 Å². The minimum absolute atomic E-state index is 0.110. The minimum atomic E-state index is -0.622. The number of hydrogen-bond acceptors (Lipinski definition) is 8. The summed E-state index contributed by atoms with van der Waals surface area (Å²) in [5.74, 6) is 1.99. The molecule has 2 saturated heterocycles. The summed E-state index contributed by atoms with van der Waals surface area (Å²) in [6.45, 7) is 7.42. The molecule has 3 fully saturated rings. The van der Waals surface area contributed by atoms with E-state index in [4.69, 9.17) is 14.5 Å². The number of methoxy groups -OCH3 is 1. The van der Waals surface area contributed by atoms with Crippen molar-refractivity contribution in [3.8, 4) is 5.75 Å². The monoisotopic (exact) mass is 557 g/mol. The number of benzene rings is 1. The molecule has 1 aromatic carbocycles. The predicted octanol–water partition coefficient (Wildman–Crippen LogP) is 4.64. The fraction of sp³-hybridized carbons (Fsp3) is 0.710. The summed E-state index contributed by atoms with van der Waals surface area (Å²) in [5, 5.41) is 24.0. The van der Waals surface area contributed by atoms with Gasteiger partial charge in [-0.05, 0) is 86.4 Å². The van der Waals surface area contributed by atoms with Crippen LogP contribution in [0.2, 0.25) is 0 Å². The van der Waals surface area contributed by atoms with Gasteiger partial charge in [0.05, 0.1) is 31.9 Å². The second-order valence-electron chi connectivity index (χ2n) is 11.8. The first-order valence-corrected chi connectivity index (χ1v) is 16.0. The van der Waals surface area contributed by atoms with Crippen LogP contribution < -0.4 is 4.74 Å². The molecule has 1 aliphatic carbocycles. The Labute approximate surface area is 238 Å². The molecule has 7 nitrogen and oxygen atoms in total. The van der Waals surface area contributed by atoms with Crippen LogP contribution in [0.4, 0.5) is 0 Å². The molecular weight excluding hydrogens is 510 g/mol. The maximum atomic E-state index is 11.7. The second-order valence-corrected chi connectivity index (χ2v) is 13.2. The third-order valence-electron chi connectivity index (χ3n) is 9.29. The SMILES string of the molecule is COc1ccc2ncc(CN3CCOCC3)c([C@H](O)CCC3(CO)CCN(CCSC4CCCC4)CC3)c2c1. The van der Waals surface area contributed by atoms with Crippen LogP contribution in [0.5, 0.6) is 5.75 Å². The van der Waals surface area contributed by atoms with Crippen molar-refractivity contribution in [3.05, 3.63) is 35.5 Å². The highest BCUT2D eigenvalue weighted by Gasteiger charge is 2.35. The van der Waals surface area contributed by atoms with Crippen LogP contribution in [-0.4, -0.2) is 95.7 Å². The first kappa shape index (κ1) is 29.1. The van der Waals surface area contributed by atoms with Gasteiger partial charge in [-0.3, -0.25) is 9.88 Å². The van der Waals surface area contributed by atoms with Gasteiger partial charge in [0.2, 0.25) is 0 Å². The number of rotatable bonds is 12. The zero-order chi connectivity index (χ0) is 27.1. The van der Waals surface area contributed by atoms with Crippen molar-refractivity contribution in [1.29, 1.82) is 0 Å². The number of ether oxygens (including phenoxy) is 2. The summed E-state index contributed by atoms with van der Waals surface area (Å²) in [7, 11) is 1.67. The van der Waals surface area contributed by atoms with Gasteiger partial charge in [0.25, 0.3) is 0 Å². The predicted molar refractivity (Wildman–Crippen MR) is 158 cm³/mol. The van der Waals surface area contributed by atoms with Gasteiger partial charge in [-0.1, -0.05) is 12.8 Å².